The fourth-order valence-electron chi connectivity index (χ4n) is 2.85. The third kappa shape index (κ3) is 3.83. The molecule has 0 bridgehead atoms. The molecule has 26 heavy (non-hydrogen) atoms. The zero-order valence-corrected chi connectivity index (χ0v) is 16.6. The molecule has 0 saturated carbocycles. The van der Waals surface area contributed by atoms with E-state index in [2.05, 4.69) is 42.2 Å². The molecule has 1 aromatic heterocycles. The van der Waals surface area contributed by atoms with Crippen molar-refractivity contribution in [2.45, 2.75) is 18.9 Å². The normalized spacial score (nSPS) is 16.5. The Morgan fingerprint density at radius 3 is 2.46 bits per heavy atom. The minimum atomic E-state index is -0.983. The molecule has 136 valence electrons. The van der Waals surface area contributed by atoms with Gasteiger partial charge in [0.05, 0.1) is 9.08 Å². The highest BCUT2D eigenvalue weighted by molar-refractivity contribution is 9.13. The summed E-state index contributed by atoms with van der Waals surface area (Å²) in [6.07, 6.45) is 1.15. The molecule has 9 heteroatoms. The Morgan fingerprint density at radius 1 is 1.19 bits per heavy atom. The second-order valence-corrected chi connectivity index (χ2v) is 7.52. The molecule has 2 amide bonds. The van der Waals surface area contributed by atoms with Crippen LogP contribution in [0.4, 0.5) is 5.69 Å². The van der Waals surface area contributed by atoms with E-state index in [0.29, 0.717) is 40.9 Å². The van der Waals surface area contributed by atoms with E-state index in [1.165, 1.54) is 4.90 Å². The lowest BCUT2D eigenvalue weighted by atomic mass is 10.1. The SMILES string of the molecule is O=C(Nc1ccc(C(=O)N2CCC[C@@H]2C(=O)O)cc1)c1cc(Br)c(Br)[nH]1. The Hall–Kier alpha value is -2.13. The largest absolute Gasteiger partial charge is 0.480 e. The number of hydrogen-bond acceptors (Lipinski definition) is 3. The number of aromatic nitrogens is 1. The minimum Gasteiger partial charge on any atom is -0.480 e. The van der Waals surface area contributed by atoms with Gasteiger partial charge in [0.1, 0.15) is 11.7 Å². The number of nitrogens with one attached hydrogen (secondary N) is 2. The van der Waals surface area contributed by atoms with Crippen LogP contribution in [0.25, 0.3) is 0 Å². The Kier molecular flexibility index (Phi) is 5.47. The molecule has 0 spiro atoms. The highest BCUT2D eigenvalue weighted by atomic mass is 79.9. The van der Waals surface area contributed by atoms with Gasteiger partial charge in [0, 0.05) is 17.8 Å². The molecule has 1 atom stereocenters. The topological polar surface area (TPSA) is 102 Å². The Balaban J connectivity index is 1.69. The van der Waals surface area contributed by atoms with Crippen molar-refractivity contribution in [3.63, 3.8) is 0 Å². The van der Waals surface area contributed by atoms with Gasteiger partial charge in [-0.2, -0.15) is 0 Å². The molecule has 3 N–H and O–H groups in total. The van der Waals surface area contributed by atoms with Gasteiger partial charge in [-0.05, 0) is 75.0 Å². The maximum atomic E-state index is 12.5. The molecule has 3 rings (SSSR count). The quantitative estimate of drug-likeness (QED) is 0.618. The summed E-state index contributed by atoms with van der Waals surface area (Å²) in [5, 5.41) is 11.9. The molecule has 2 heterocycles. The van der Waals surface area contributed by atoms with Crippen LogP contribution in [0.5, 0.6) is 0 Å². The van der Waals surface area contributed by atoms with Crippen molar-refractivity contribution < 1.29 is 19.5 Å². The number of carbonyl (C=O) groups excluding carboxylic acids is 2. The predicted octanol–water partition coefficient (Wildman–Crippen LogP) is 3.48. The number of nitrogens with zero attached hydrogens (tertiary/aromatic N) is 1. The zero-order valence-electron chi connectivity index (χ0n) is 13.5. The van der Waals surface area contributed by atoms with E-state index in [9.17, 15) is 19.5 Å². The van der Waals surface area contributed by atoms with Crippen molar-refractivity contribution in [1.82, 2.24) is 9.88 Å². The van der Waals surface area contributed by atoms with Crippen molar-refractivity contribution in [2.75, 3.05) is 11.9 Å². The van der Waals surface area contributed by atoms with Crippen molar-refractivity contribution >= 4 is 55.3 Å². The fourth-order valence-corrected chi connectivity index (χ4v) is 3.51. The fraction of sp³-hybridized carbons (Fsp3) is 0.235. The summed E-state index contributed by atoms with van der Waals surface area (Å²) < 4.78 is 1.41. The zero-order chi connectivity index (χ0) is 18.8. The van der Waals surface area contributed by atoms with Crippen LogP contribution in [-0.2, 0) is 4.79 Å². The number of likely N-dealkylation sites (tertiary alicyclic amines) is 1. The average molecular weight is 485 g/mol. The first-order valence-electron chi connectivity index (χ1n) is 7.86. The van der Waals surface area contributed by atoms with Gasteiger partial charge < -0.3 is 20.3 Å². The molecular weight excluding hydrogens is 470 g/mol. The molecule has 1 aliphatic rings. The number of amides is 2. The van der Waals surface area contributed by atoms with Crippen molar-refractivity contribution in [2.24, 2.45) is 0 Å². The standard InChI is InChI=1S/C17H15Br2N3O4/c18-11-8-12(21-14(11)19)15(23)20-10-5-3-9(4-6-10)16(24)22-7-1-2-13(22)17(25)26/h3-6,8,13,21H,1-2,7H2,(H,20,23)(H,25,26)/t13-/m1/s1. The number of rotatable bonds is 4. The van der Waals surface area contributed by atoms with Gasteiger partial charge in [-0.25, -0.2) is 4.79 Å². The van der Waals surface area contributed by atoms with Crippen LogP contribution in [-0.4, -0.2) is 45.4 Å². The van der Waals surface area contributed by atoms with Crippen molar-refractivity contribution in [1.29, 1.82) is 0 Å². The van der Waals surface area contributed by atoms with Crippen LogP contribution in [0.15, 0.2) is 39.4 Å². The molecule has 7 nitrogen and oxygen atoms in total. The maximum absolute atomic E-state index is 12.5. The highest BCUT2D eigenvalue weighted by Crippen LogP contribution is 2.24. The summed E-state index contributed by atoms with van der Waals surface area (Å²) in [6, 6.07) is 7.27. The number of carbonyl (C=O) groups is 3. The summed E-state index contributed by atoms with van der Waals surface area (Å²) in [6.45, 7) is 0.435. The monoisotopic (exact) mass is 483 g/mol. The van der Waals surface area contributed by atoms with E-state index in [1.807, 2.05) is 0 Å². The third-order valence-electron chi connectivity index (χ3n) is 4.16. The molecule has 0 aliphatic carbocycles. The summed E-state index contributed by atoms with van der Waals surface area (Å²) in [5.41, 5.74) is 1.30. The van der Waals surface area contributed by atoms with E-state index >= 15 is 0 Å². The number of H-pyrrole nitrogens is 1. The van der Waals surface area contributed by atoms with Crippen LogP contribution in [0, 0.1) is 0 Å². The summed E-state index contributed by atoms with van der Waals surface area (Å²) in [5.74, 6) is -1.62. The summed E-state index contributed by atoms with van der Waals surface area (Å²) in [4.78, 5) is 40.2. The van der Waals surface area contributed by atoms with Gasteiger partial charge in [0.15, 0.2) is 0 Å². The molecule has 1 fully saturated rings. The number of halogens is 2. The smallest absolute Gasteiger partial charge is 0.326 e. The number of aliphatic carboxylic acids is 1. The molecule has 2 aromatic rings. The second-order valence-electron chi connectivity index (χ2n) is 5.87. The first kappa shape index (κ1) is 18.7. The van der Waals surface area contributed by atoms with Crippen LogP contribution < -0.4 is 5.32 Å². The van der Waals surface area contributed by atoms with Crippen LogP contribution >= 0.6 is 31.9 Å². The van der Waals surface area contributed by atoms with E-state index in [1.54, 1.807) is 30.3 Å². The number of hydrogen-bond donors (Lipinski definition) is 3. The van der Waals surface area contributed by atoms with Gasteiger partial charge in [0.25, 0.3) is 11.8 Å². The number of anilines is 1. The Bertz CT molecular complexity index is 844. The van der Waals surface area contributed by atoms with E-state index in [0.717, 1.165) is 4.47 Å². The van der Waals surface area contributed by atoms with E-state index < -0.39 is 12.0 Å². The predicted molar refractivity (Wildman–Crippen MR) is 102 cm³/mol. The Morgan fingerprint density at radius 2 is 1.88 bits per heavy atom. The lowest BCUT2D eigenvalue weighted by Gasteiger charge is -2.21. The van der Waals surface area contributed by atoms with Crippen molar-refractivity contribution in [3.05, 3.63) is 50.7 Å². The summed E-state index contributed by atoms with van der Waals surface area (Å²) in [7, 11) is 0. The van der Waals surface area contributed by atoms with Crippen LogP contribution in [0.3, 0.4) is 0 Å². The number of carboxylic acid groups (broad SMARTS) is 1. The molecular formula is C17H15Br2N3O4. The van der Waals surface area contributed by atoms with Crippen LogP contribution in [0.2, 0.25) is 0 Å². The third-order valence-corrected chi connectivity index (χ3v) is 5.94. The lowest BCUT2D eigenvalue weighted by Crippen LogP contribution is -2.40. The van der Waals surface area contributed by atoms with Gasteiger partial charge in [-0.3, -0.25) is 9.59 Å². The molecule has 1 saturated heterocycles. The number of benzene rings is 1. The Labute approximate surface area is 166 Å². The van der Waals surface area contributed by atoms with E-state index in [4.69, 9.17) is 0 Å². The van der Waals surface area contributed by atoms with Crippen molar-refractivity contribution in [3.8, 4) is 0 Å². The number of aromatic amines is 1. The molecule has 0 unspecified atom stereocenters. The van der Waals surface area contributed by atoms with E-state index in [-0.39, 0.29) is 11.8 Å². The molecule has 1 aromatic carbocycles. The lowest BCUT2D eigenvalue weighted by molar-refractivity contribution is -0.141. The van der Waals surface area contributed by atoms with Gasteiger partial charge >= 0.3 is 5.97 Å². The maximum Gasteiger partial charge on any atom is 0.326 e. The van der Waals surface area contributed by atoms with Crippen LogP contribution in [0.1, 0.15) is 33.7 Å². The second kappa shape index (κ2) is 7.63. The average Bonchev–Trinajstić information content (AvgIpc) is 3.22. The first-order valence-corrected chi connectivity index (χ1v) is 9.44. The molecule has 0 radical (unpaired) electrons. The van der Waals surface area contributed by atoms with Gasteiger partial charge in [-0.15, -0.1) is 0 Å². The van der Waals surface area contributed by atoms with Gasteiger partial charge in [-0.1, -0.05) is 0 Å². The first-order chi connectivity index (χ1) is 12.4. The minimum absolute atomic E-state index is 0.315. The number of carboxylic acids is 1. The van der Waals surface area contributed by atoms with Gasteiger partial charge in [0.2, 0.25) is 0 Å². The molecule has 1 aliphatic heterocycles. The summed E-state index contributed by atoms with van der Waals surface area (Å²) >= 11 is 6.58. The highest BCUT2D eigenvalue weighted by Gasteiger charge is 2.34.